The number of rotatable bonds is 10. The number of allylic oxidation sites excluding steroid dienone is 2. The van der Waals surface area contributed by atoms with E-state index in [9.17, 15) is 9.18 Å². The Kier molecular flexibility index (Phi) is 8.26. The standard InChI is InChI=1S/C26H29ClFN3O/c1-4-9-29-14-20-7-5-19(6-8-20)11-17(2)10-18(3)26(32)31-15-21-12-22-23(27)16-30-25(22)13-24(21)28/h5-8,10,12-13,16,29-30H,2,4,9,11,14-15H2,1,3H3,(H,31,32). The van der Waals surface area contributed by atoms with Crippen LogP contribution in [0.1, 0.15) is 37.0 Å². The third-order valence-corrected chi connectivity index (χ3v) is 5.54. The minimum Gasteiger partial charge on any atom is -0.360 e. The van der Waals surface area contributed by atoms with E-state index < -0.39 is 5.82 Å². The number of fused-ring (bicyclic) bond motifs is 1. The number of carbonyl (C=O) groups excluding carboxylic acids is 1. The number of hydrogen-bond acceptors (Lipinski definition) is 2. The smallest absolute Gasteiger partial charge is 0.247 e. The highest BCUT2D eigenvalue weighted by Crippen LogP contribution is 2.25. The number of aromatic amines is 1. The zero-order valence-electron chi connectivity index (χ0n) is 18.5. The molecular formula is C26H29ClFN3O. The van der Waals surface area contributed by atoms with Gasteiger partial charge in [-0.15, -0.1) is 0 Å². The highest BCUT2D eigenvalue weighted by Gasteiger charge is 2.11. The zero-order chi connectivity index (χ0) is 23.1. The minimum absolute atomic E-state index is 0.0767. The van der Waals surface area contributed by atoms with Crippen LogP contribution in [0.25, 0.3) is 10.9 Å². The summed E-state index contributed by atoms with van der Waals surface area (Å²) in [5.74, 6) is -0.654. The van der Waals surface area contributed by atoms with Crippen molar-refractivity contribution in [1.29, 1.82) is 0 Å². The van der Waals surface area contributed by atoms with Gasteiger partial charge < -0.3 is 15.6 Å². The Hall–Kier alpha value is -2.89. The summed E-state index contributed by atoms with van der Waals surface area (Å²) in [5, 5.41) is 7.40. The van der Waals surface area contributed by atoms with Crippen LogP contribution >= 0.6 is 11.6 Å². The lowest BCUT2D eigenvalue weighted by Crippen LogP contribution is -2.24. The van der Waals surface area contributed by atoms with Crippen molar-refractivity contribution in [1.82, 2.24) is 15.6 Å². The number of amides is 1. The number of hydrogen-bond donors (Lipinski definition) is 3. The molecule has 3 rings (SSSR count). The van der Waals surface area contributed by atoms with Gasteiger partial charge in [-0.1, -0.05) is 61.0 Å². The Morgan fingerprint density at radius 3 is 2.62 bits per heavy atom. The summed E-state index contributed by atoms with van der Waals surface area (Å²) in [7, 11) is 0. The number of carbonyl (C=O) groups is 1. The third kappa shape index (κ3) is 6.31. The Bertz CT molecular complexity index is 1130. The Morgan fingerprint density at radius 2 is 1.91 bits per heavy atom. The third-order valence-electron chi connectivity index (χ3n) is 5.23. The second-order valence-corrected chi connectivity index (χ2v) is 8.37. The van der Waals surface area contributed by atoms with Crippen molar-refractivity contribution in [3.63, 3.8) is 0 Å². The molecule has 1 aromatic heterocycles. The first-order valence-corrected chi connectivity index (χ1v) is 11.1. The number of aromatic nitrogens is 1. The van der Waals surface area contributed by atoms with Crippen LogP contribution in [0.2, 0.25) is 5.02 Å². The molecule has 0 saturated carbocycles. The lowest BCUT2D eigenvalue weighted by molar-refractivity contribution is -0.117. The van der Waals surface area contributed by atoms with E-state index in [2.05, 4.69) is 53.4 Å². The van der Waals surface area contributed by atoms with Gasteiger partial charge in [-0.25, -0.2) is 4.39 Å². The van der Waals surface area contributed by atoms with Crippen LogP contribution in [0.15, 0.2) is 66.4 Å². The average molecular weight is 454 g/mol. The van der Waals surface area contributed by atoms with E-state index in [1.54, 1.807) is 25.3 Å². The van der Waals surface area contributed by atoms with Crippen LogP contribution in [-0.2, 0) is 24.3 Å². The molecule has 0 aliphatic heterocycles. The van der Waals surface area contributed by atoms with Crippen LogP contribution in [-0.4, -0.2) is 17.4 Å². The van der Waals surface area contributed by atoms with Gasteiger partial charge in [-0.05, 0) is 49.6 Å². The van der Waals surface area contributed by atoms with Gasteiger partial charge in [0, 0.05) is 41.3 Å². The maximum absolute atomic E-state index is 14.3. The lowest BCUT2D eigenvalue weighted by atomic mass is 10.0. The molecule has 32 heavy (non-hydrogen) atoms. The second kappa shape index (κ2) is 11.1. The maximum atomic E-state index is 14.3. The van der Waals surface area contributed by atoms with Gasteiger partial charge in [0.15, 0.2) is 0 Å². The van der Waals surface area contributed by atoms with Crippen LogP contribution in [0.5, 0.6) is 0 Å². The van der Waals surface area contributed by atoms with Crippen molar-refractivity contribution in [3.05, 3.63) is 93.9 Å². The van der Waals surface area contributed by atoms with E-state index >= 15 is 0 Å². The summed E-state index contributed by atoms with van der Waals surface area (Å²) in [6.45, 7) is 9.90. The number of benzene rings is 2. The largest absolute Gasteiger partial charge is 0.360 e. The maximum Gasteiger partial charge on any atom is 0.247 e. The topological polar surface area (TPSA) is 56.9 Å². The molecule has 0 radical (unpaired) electrons. The Balaban J connectivity index is 1.54. The SMILES string of the molecule is C=C(C=C(C)C(=O)NCc1cc2c(Cl)c[nH]c2cc1F)Cc1ccc(CNCCC)cc1. The number of nitrogens with one attached hydrogen (secondary N) is 3. The number of halogens is 2. The van der Waals surface area contributed by atoms with Crippen molar-refractivity contribution in [2.24, 2.45) is 0 Å². The second-order valence-electron chi connectivity index (χ2n) is 7.96. The predicted molar refractivity (Wildman–Crippen MR) is 130 cm³/mol. The molecule has 168 valence electrons. The summed E-state index contributed by atoms with van der Waals surface area (Å²) in [6, 6.07) is 11.4. The van der Waals surface area contributed by atoms with Gasteiger partial charge in [-0.3, -0.25) is 4.79 Å². The van der Waals surface area contributed by atoms with Crippen LogP contribution in [0.4, 0.5) is 4.39 Å². The first kappa shape index (κ1) is 23.8. The first-order chi connectivity index (χ1) is 15.4. The zero-order valence-corrected chi connectivity index (χ0v) is 19.3. The highest BCUT2D eigenvalue weighted by molar-refractivity contribution is 6.35. The molecule has 3 aromatic rings. The van der Waals surface area contributed by atoms with E-state index in [-0.39, 0.29) is 12.5 Å². The summed E-state index contributed by atoms with van der Waals surface area (Å²) in [5.41, 5.74) is 4.74. The van der Waals surface area contributed by atoms with Gasteiger partial charge in [0.2, 0.25) is 5.91 Å². The fraction of sp³-hybridized carbons (Fsp3) is 0.269. The summed E-state index contributed by atoms with van der Waals surface area (Å²) < 4.78 is 14.3. The van der Waals surface area contributed by atoms with Crippen LogP contribution in [0, 0.1) is 5.82 Å². The van der Waals surface area contributed by atoms with Crippen LogP contribution < -0.4 is 10.6 Å². The summed E-state index contributed by atoms with van der Waals surface area (Å²) in [6.07, 6.45) is 5.16. The predicted octanol–water partition coefficient (Wildman–Crippen LogP) is 5.82. The molecule has 0 aliphatic rings. The van der Waals surface area contributed by atoms with Crippen molar-refractivity contribution >= 4 is 28.4 Å². The van der Waals surface area contributed by atoms with E-state index in [1.807, 2.05) is 0 Å². The average Bonchev–Trinajstić information content (AvgIpc) is 3.12. The van der Waals surface area contributed by atoms with Crippen LogP contribution in [0.3, 0.4) is 0 Å². The molecule has 1 amide bonds. The Morgan fingerprint density at radius 1 is 1.19 bits per heavy atom. The molecule has 2 aromatic carbocycles. The molecule has 0 unspecified atom stereocenters. The van der Waals surface area contributed by atoms with E-state index in [4.69, 9.17) is 11.6 Å². The lowest BCUT2D eigenvalue weighted by Gasteiger charge is -2.09. The van der Waals surface area contributed by atoms with Gasteiger partial charge in [0.1, 0.15) is 5.82 Å². The molecule has 6 heteroatoms. The molecule has 0 saturated heterocycles. The molecule has 4 nitrogen and oxygen atoms in total. The minimum atomic E-state index is -0.393. The fourth-order valence-corrected chi connectivity index (χ4v) is 3.68. The Labute approximate surface area is 193 Å². The normalized spacial score (nSPS) is 11.7. The molecule has 3 N–H and O–H groups in total. The quantitative estimate of drug-likeness (QED) is 0.206. The molecule has 0 atom stereocenters. The van der Waals surface area contributed by atoms with Crippen molar-refractivity contribution in [2.45, 2.75) is 39.8 Å². The van der Waals surface area contributed by atoms with E-state index in [0.717, 1.165) is 36.0 Å². The molecule has 0 aliphatic carbocycles. The fourth-order valence-electron chi connectivity index (χ4n) is 3.47. The van der Waals surface area contributed by atoms with Crippen molar-refractivity contribution in [2.75, 3.05) is 6.54 Å². The van der Waals surface area contributed by atoms with E-state index in [0.29, 0.717) is 28.1 Å². The molecule has 0 bridgehead atoms. The highest BCUT2D eigenvalue weighted by atomic mass is 35.5. The summed E-state index contributed by atoms with van der Waals surface area (Å²) >= 11 is 6.11. The van der Waals surface area contributed by atoms with Crippen molar-refractivity contribution in [3.8, 4) is 0 Å². The number of H-pyrrole nitrogens is 1. The summed E-state index contributed by atoms with van der Waals surface area (Å²) in [4.78, 5) is 15.4. The molecule has 0 spiro atoms. The molecular weight excluding hydrogens is 425 g/mol. The van der Waals surface area contributed by atoms with Crippen molar-refractivity contribution < 1.29 is 9.18 Å². The monoisotopic (exact) mass is 453 g/mol. The molecule has 1 heterocycles. The molecule has 0 fully saturated rings. The van der Waals surface area contributed by atoms with Gasteiger partial charge in [0.25, 0.3) is 0 Å². The van der Waals surface area contributed by atoms with Gasteiger partial charge in [0.05, 0.1) is 5.02 Å². The van der Waals surface area contributed by atoms with E-state index in [1.165, 1.54) is 11.6 Å². The first-order valence-electron chi connectivity index (χ1n) is 10.7. The van der Waals surface area contributed by atoms with Gasteiger partial charge >= 0.3 is 0 Å². The van der Waals surface area contributed by atoms with Gasteiger partial charge in [-0.2, -0.15) is 0 Å².